The summed E-state index contributed by atoms with van der Waals surface area (Å²) in [4.78, 5) is 10.3. The molecule has 1 aromatic rings. The molecule has 0 unspecified atom stereocenters. The molecule has 0 saturated carbocycles. The molecule has 0 radical (unpaired) electrons. The van der Waals surface area contributed by atoms with Gasteiger partial charge in [0.05, 0.1) is 12.3 Å². The second-order valence-electron chi connectivity index (χ2n) is 3.22. The number of sulfonamides is 1. The maximum absolute atomic E-state index is 11.3. The zero-order valence-corrected chi connectivity index (χ0v) is 10.0. The second-order valence-corrected chi connectivity index (χ2v) is 4.94. The summed E-state index contributed by atoms with van der Waals surface area (Å²) in [5, 5.41) is 8.42. The molecule has 0 bridgehead atoms. The Hall–Kier alpha value is -1.76. The Bertz CT molecular complexity index is 497. The summed E-state index contributed by atoms with van der Waals surface area (Å²) in [7, 11) is -3.87. The van der Waals surface area contributed by atoms with Gasteiger partial charge in [0.15, 0.2) is 5.75 Å². The molecule has 94 valence electrons. The molecule has 17 heavy (non-hydrogen) atoms. The summed E-state index contributed by atoms with van der Waals surface area (Å²) in [6.45, 7) is 2.27. The van der Waals surface area contributed by atoms with Crippen LogP contribution in [0.15, 0.2) is 24.3 Å². The van der Waals surface area contributed by atoms with Crippen molar-refractivity contribution in [2.24, 2.45) is 0 Å². The number of hydrogen-bond acceptors (Lipinski definition) is 4. The van der Waals surface area contributed by atoms with Gasteiger partial charge in [0.2, 0.25) is 10.0 Å². The Morgan fingerprint density at radius 3 is 2.76 bits per heavy atom. The van der Waals surface area contributed by atoms with Crippen LogP contribution >= 0.6 is 0 Å². The number of ether oxygens (including phenoxy) is 1. The van der Waals surface area contributed by atoms with Gasteiger partial charge in [-0.1, -0.05) is 6.07 Å². The van der Waals surface area contributed by atoms with Crippen LogP contribution in [0.1, 0.15) is 6.92 Å². The molecule has 1 rings (SSSR count). The van der Waals surface area contributed by atoms with Crippen LogP contribution in [-0.4, -0.2) is 31.9 Å². The van der Waals surface area contributed by atoms with Crippen molar-refractivity contribution in [2.45, 2.75) is 6.92 Å². The minimum absolute atomic E-state index is 0.275. The predicted octanol–water partition coefficient (Wildman–Crippen LogP) is 0.912. The highest BCUT2D eigenvalue weighted by atomic mass is 32.2. The fraction of sp³-hybridized carbons (Fsp3) is 0.300. The highest BCUT2D eigenvalue weighted by molar-refractivity contribution is 7.93. The lowest BCUT2D eigenvalue weighted by molar-refractivity contribution is -0.134. The van der Waals surface area contributed by atoms with E-state index in [2.05, 4.69) is 4.72 Å². The van der Waals surface area contributed by atoms with Crippen LogP contribution in [0.5, 0.6) is 5.75 Å². The predicted molar refractivity (Wildman–Crippen MR) is 62.7 cm³/mol. The summed E-state index contributed by atoms with van der Waals surface area (Å²) in [5.74, 6) is -1.85. The fourth-order valence-corrected chi connectivity index (χ4v) is 2.08. The average molecular weight is 259 g/mol. The zero-order valence-electron chi connectivity index (χ0n) is 9.21. The lowest BCUT2D eigenvalue weighted by atomic mass is 10.3. The molecule has 6 nitrogen and oxygen atoms in total. The molecule has 1 aromatic carbocycles. The molecule has 0 saturated heterocycles. The SMILES string of the molecule is CCOc1cccc(NS(=O)(=O)CC(=O)O)c1. The minimum atomic E-state index is -3.87. The first-order chi connectivity index (χ1) is 7.93. The van der Waals surface area contributed by atoms with E-state index in [0.29, 0.717) is 12.4 Å². The van der Waals surface area contributed by atoms with E-state index in [1.165, 1.54) is 12.1 Å². The van der Waals surface area contributed by atoms with Crippen LogP contribution in [0.25, 0.3) is 0 Å². The number of carboxylic acids is 1. The van der Waals surface area contributed by atoms with Crippen LogP contribution < -0.4 is 9.46 Å². The van der Waals surface area contributed by atoms with Gasteiger partial charge in [0.1, 0.15) is 5.75 Å². The van der Waals surface area contributed by atoms with Crippen molar-refractivity contribution in [3.8, 4) is 5.75 Å². The lowest BCUT2D eigenvalue weighted by Crippen LogP contribution is -2.22. The minimum Gasteiger partial charge on any atom is -0.494 e. The standard InChI is InChI=1S/C10H13NO5S/c1-2-16-9-5-3-4-8(6-9)11-17(14,15)7-10(12)13/h3-6,11H,2,7H2,1H3,(H,12,13). The summed E-state index contributed by atoms with van der Waals surface area (Å²) in [6.07, 6.45) is 0. The van der Waals surface area contributed by atoms with E-state index >= 15 is 0 Å². The average Bonchev–Trinajstić information content (AvgIpc) is 2.15. The third-order valence-corrected chi connectivity index (χ3v) is 2.91. The zero-order chi connectivity index (χ0) is 12.9. The third kappa shape index (κ3) is 4.73. The number of hydrogen-bond donors (Lipinski definition) is 2. The van der Waals surface area contributed by atoms with Crippen molar-refractivity contribution in [3.63, 3.8) is 0 Å². The molecule has 0 heterocycles. The number of carbonyl (C=O) groups is 1. The van der Waals surface area contributed by atoms with Crippen LogP contribution in [-0.2, 0) is 14.8 Å². The Labute approximate surface area is 99.3 Å². The van der Waals surface area contributed by atoms with Crippen LogP contribution in [0.4, 0.5) is 5.69 Å². The van der Waals surface area contributed by atoms with Gasteiger partial charge in [-0.2, -0.15) is 0 Å². The summed E-state index contributed by atoms with van der Waals surface area (Å²) >= 11 is 0. The number of carboxylic acid groups (broad SMARTS) is 1. The number of rotatable bonds is 6. The van der Waals surface area contributed by atoms with Gasteiger partial charge in [0.25, 0.3) is 0 Å². The molecule has 0 fully saturated rings. The molecule has 0 amide bonds. The first-order valence-electron chi connectivity index (χ1n) is 4.88. The van der Waals surface area contributed by atoms with Crippen molar-refractivity contribution in [3.05, 3.63) is 24.3 Å². The Morgan fingerprint density at radius 2 is 2.18 bits per heavy atom. The molecular weight excluding hydrogens is 246 g/mol. The largest absolute Gasteiger partial charge is 0.494 e. The quantitative estimate of drug-likeness (QED) is 0.792. The van der Waals surface area contributed by atoms with E-state index in [4.69, 9.17) is 9.84 Å². The van der Waals surface area contributed by atoms with Gasteiger partial charge >= 0.3 is 5.97 Å². The third-order valence-electron chi connectivity index (χ3n) is 1.73. The number of nitrogens with one attached hydrogen (secondary N) is 1. The van der Waals surface area contributed by atoms with Gasteiger partial charge in [-0.3, -0.25) is 9.52 Å². The van der Waals surface area contributed by atoms with Crippen LogP contribution in [0.2, 0.25) is 0 Å². The first-order valence-corrected chi connectivity index (χ1v) is 6.53. The van der Waals surface area contributed by atoms with E-state index in [1.807, 2.05) is 0 Å². The summed E-state index contributed by atoms with van der Waals surface area (Å²) in [6, 6.07) is 6.30. The van der Waals surface area contributed by atoms with Gasteiger partial charge in [-0.25, -0.2) is 8.42 Å². The van der Waals surface area contributed by atoms with Gasteiger partial charge in [-0.15, -0.1) is 0 Å². The number of anilines is 1. The monoisotopic (exact) mass is 259 g/mol. The van der Waals surface area contributed by atoms with E-state index in [1.54, 1.807) is 19.1 Å². The van der Waals surface area contributed by atoms with Gasteiger partial charge < -0.3 is 9.84 Å². The van der Waals surface area contributed by atoms with Crippen LogP contribution in [0.3, 0.4) is 0 Å². The topological polar surface area (TPSA) is 92.7 Å². The molecule has 0 aromatic heterocycles. The fourth-order valence-electron chi connectivity index (χ4n) is 1.19. The van der Waals surface area contributed by atoms with Gasteiger partial charge in [-0.05, 0) is 19.1 Å². The maximum atomic E-state index is 11.3. The lowest BCUT2D eigenvalue weighted by Gasteiger charge is -2.08. The van der Waals surface area contributed by atoms with Crippen molar-refractivity contribution in [1.29, 1.82) is 0 Å². The first kappa shape index (κ1) is 13.3. The van der Waals surface area contributed by atoms with Crippen LogP contribution in [0, 0.1) is 0 Å². The molecule has 0 aliphatic rings. The van der Waals surface area contributed by atoms with Crippen molar-refractivity contribution < 1.29 is 23.1 Å². The summed E-state index contributed by atoms with van der Waals surface area (Å²) in [5.41, 5.74) is 0.275. The van der Waals surface area contributed by atoms with E-state index in [0.717, 1.165) is 0 Å². The number of benzene rings is 1. The van der Waals surface area contributed by atoms with E-state index < -0.39 is 21.7 Å². The smallest absolute Gasteiger partial charge is 0.320 e. The highest BCUT2D eigenvalue weighted by Gasteiger charge is 2.15. The molecule has 0 atom stereocenters. The Kier molecular flexibility index (Phi) is 4.33. The number of aliphatic carboxylic acids is 1. The van der Waals surface area contributed by atoms with E-state index in [9.17, 15) is 13.2 Å². The summed E-state index contributed by atoms with van der Waals surface area (Å²) < 4.78 is 30.0. The maximum Gasteiger partial charge on any atom is 0.320 e. The molecular formula is C10H13NO5S. The van der Waals surface area contributed by atoms with Crippen molar-refractivity contribution in [2.75, 3.05) is 17.1 Å². The van der Waals surface area contributed by atoms with Crippen molar-refractivity contribution >= 4 is 21.7 Å². The van der Waals surface area contributed by atoms with Gasteiger partial charge in [0, 0.05) is 6.07 Å². The molecule has 0 aliphatic heterocycles. The normalized spacial score (nSPS) is 10.9. The molecule has 0 spiro atoms. The Morgan fingerprint density at radius 1 is 1.47 bits per heavy atom. The van der Waals surface area contributed by atoms with Crippen molar-refractivity contribution in [1.82, 2.24) is 0 Å². The molecule has 0 aliphatic carbocycles. The molecule has 7 heteroatoms. The highest BCUT2D eigenvalue weighted by Crippen LogP contribution is 2.18. The Balaban J connectivity index is 2.81. The molecule has 2 N–H and O–H groups in total. The second kappa shape index (κ2) is 5.53. The van der Waals surface area contributed by atoms with E-state index in [-0.39, 0.29) is 5.69 Å².